The quantitative estimate of drug-likeness (QED) is 0.753. The Labute approximate surface area is 141 Å². The molecule has 0 saturated heterocycles. The number of phenols is 1. The number of nitrogens with one attached hydrogen (secondary N) is 2. The number of carbonyl (C=O) groups excluding carboxylic acids is 1. The van der Waals surface area contributed by atoms with Gasteiger partial charge in [0, 0.05) is 22.7 Å². The van der Waals surface area contributed by atoms with E-state index in [9.17, 15) is 9.90 Å². The summed E-state index contributed by atoms with van der Waals surface area (Å²) in [6.45, 7) is 1.30. The van der Waals surface area contributed by atoms with E-state index in [2.05, 4.69) is 5.32 Å². The van der Waals surface area contributed by atoms with E-state index in [4.69, 9.17) is 11.6 Å². The van der Waals surface area contributed by atoms with E-state index in [1.165, 1.54) is 4.90 Å². The number of phenolic OH excluding ortho intramolecular Hbond substituents is 1. The first-order valence-corrected chi connectivity index (χ1v) is 7.97. The second-order valence-electron chi connectivity index (χ2n) is 5.86. The SMILES string of the molecule is C[NH+](C)Cc1cc(CCNC(=O)c2ccc(Cl)cc2)ccc1O. The zero-order valence-electron chi connectivity index (χ0n) is 13.4. The van der Waals surface area contributed by atoms with Crippen LogP contribution in [0.4, 0.5) is 0 Å². The van der Waals surface area contributed by atoms with Gasteiger partial charge in [0.05, 0.1) is 14.1 Å². The number of rotatable bonds is 6. The van der Waals surface area contributed by atoms with Gasteiger partial charge in [-0.15, -0.1) is 0 Å². The Kier molecular flexibility index (Phi) is 6.02. The predicted molar refractivity (Wildman–Crippen MR) is 92.1 cm³/mol. The monoisotopic (exact) mass is 333 g/mol. The molecule has 3 N–H and O–H groups in total. The third kappa shape index (κ3) is 5.27. The molecule has 0 atom stereocenters. The van der Waals surface area contributed by atoms with Crippen LogP contribution in [0.25, 0.3) is 0 Å². The van der Waals surface area contributed by atoms with Crippen LogP contribution in [0.5, 0.6) is 5.75 Å². The van der Waals surface area contributed by atoms with Gasteiger partial charge in [0.1, 0.15) is 12.3 Å². The summed E-state index contributed by atoms with van der Waals surface area (Å²) in [4.78, 5) is 13.3. The van der Waals surface area contributed by atoms with Crippen molar-refractivity contribution in [3.63, 3.8) is 0 Å². The first kappa shape index (κ1) is 17.3. The minimum atomic E-state index is -0.113. The van der Waals surface area contributed by atoms with E-state index < -0.39 is 0 Å². The normalized spacial score (nSPS) is 10.8. The van der Waals surface area contributed by atoms with Crippen LogP contribution in [-0.2, 0) is 13.0 Å². The number of amides is 1. The van der Waals surface area contributed by atoms with Gasteiger partial charge in [-0.1, -0.05) is 17.7 Å². The van der Waals surface area contributed by atoms with Crippen molar-refractivity contribution in [2.75, 3.05) is 20.6 Å². The smallest absolute Gasteiger partial charge is 0.251 e. The summed E-state index contributed by atoms with van der Waals surface area (Å²) in [5.41, 5.74) is 2.61. The number of carbonyl (C=O) groups is 1. The maximum atomic E-state index is 12.0. The fraction of sp³-hybridized carbons (Fsp3) is 0.278. The van der Waals surface area contributed by atoms with Crippen LogP contribution in [0.1, 0.15) is 21.5 Å². The molecule has 0 aliphatic rings. The lowest BCUT2D eigenvalue weighted by atomic mass is 10.1. The Bertz CT molecular complexity index is 669. The van der Waals surface area contributed by atoms with Gasteiger partial charge in [0.15, 0.2) is 0 Å². The van der Waals surface area contributed by atoms with Crippen LogP contribution >= 0.6 is 11.6 Å². The number of quaternary nitrogens is 1. The van der Waals surface area contributed by atoms with Crippen molar-refractivity contribution in [3.05, 3.63) is 64.2 Å². The Morgan fingerprint density at radius 3 is 2.52 bits per heavy atom. The van der Waals surface area contributed by atoms with Gasteiger partial charge in [-0.05, 0) is 48.4 Å². The minimum absolute atomic E-state index is 0.113. The fourth-order valence-electron chi connectivity index (χ4n) is 2.34. The highest BCUT2D eigenvalue weighted by Crippen LogP contribution is 2.18. The summed E-state index contributed by atoms with van der Waals surface area (Å²) >= 11 is 5.81. The van der Waals surface area contributed by atoms with Crippen molar-refractivity contribution in [1.29, 1.82) is 0 Å². The highest BCUT2D eigenvalue weighted by Gasteiger charge is 2.08. The lowest BCUT2D eigenvalue weighted by Crippen LogP contribution is -3.04. The highest BCUT2D eigenvalue weighted by atomic mass is 35.5. The average Bonchev–Trinajstić information content (AvgIpc) is 2.50. The van der Waals surface area contributed by atoms with Gasteiger partial charge in [-0.25, -0.2) is 0 Å². The molecule has 0 heterocycles. The molecule has 1 amide bonds. The van der Waals surface area contributed by atoms with E-state index in [1.807, 2.05) is 26.2 Å². The lowest BCUT2D eigenvalue weighted by Gasteiger charge is -2.11. The highest BCUT2D eigenvalue weighted by molar-refractivity contribution is 6.30. The Morgan fingerprint density at radius 2 is 1.87 bits per heavy atom. The van der Waals surface area contributed by atoms with Gasteiger partial charge in [0.25, 0.3) is 5.91 Å². The summed E-state index contributed by atoms with van der Waals surface area (Å²) in [5.74, 6) is 0.207. The molecular weight excluding hydrogens is 312 g/mol. The Hall–Kier alpha value is -2.04. The zero-order chi connectivity index (χ0) is 16.8. The van der Waals surface area contributed by atoms with Crippen LogP contribution < -0.4 is 10.2 Å². The van der Waals surface area contributed by atoms with Crippen LogP contribution in [0.15, 0.2) is 42.5 Å². The molecule has 2 rings (SSSR count). The molecule has 0 fully saturated rings. The van der Waals surface area contributed by atoms with Gasteiger partial charge in [-0.2, -0.15) is 0 Å². The van der Waals surface area contributed by atoms with E-state index in [-0.39, 0.29) is 5.91 Å². The van der Waals surface area contributed by atoms with Crippen molar-refractivity contribution in [2.45, 2.75) is 13.0 Å². The van der Waals surface area contributed by atoms with Gasteiger partial charge in [-0.3, -0.25) is 4.79 Å². The molecule has 122 valence electrons. The molecule has 5 heteroatoms. The maximum absolute atomic E-state index is 12.0. The molecule has 2 aromatic carbocycles. The van der Waals surface area contributed by atoms with Gasteiger partial charge < -0.3 is 15.3 Å². The second kappa shape index (κ2) is 7.99. The standard InChI is InChI=1S/C18H21ClN2O2/c1-21(2)12-15-11-13(3-8-17(15)22)9-10-20-18(23)14-4-6-16(19)7-5-14/h3-8,11,22H,9-10,12H2,1-2H3,(H,20,23)/p+1. The number of benzene rings is 2. The van der Waals surface area contributed by atoms with Crippen LogP contribution in [0.3, 0.4) is 0 Å². The van der Waals surface area contributed by atoms with Crippen molar-refractivity contribution in [1.82, 2.24) is 5.32 Å². The zero-order valence-corrected chi connectivity index (χ0v) is 14.2. The van der Waals surface area contributed by atoms with E-state index in [0.717, 1.165) is 24.1 Å². The van der Waals surface area contributed by atoms with Crippen molar-refractivity contribution in [2.24, 2.45) is 0 Å². The van der Waals surface area contributed by atoms with Crippen molar-refractivity contribution >= 4 is 17.5 Å². The molecule has 0 spiro atoms. The summed E-state index contributed by atoms with van der Waals surface area (Å²) in [5, 5.41) is 13.4. The molecule has 0 aliphatic heterocycles. The molecule has 0 radical (unpaired) electrons. The van der Waals surface area contributed by atoms with Gasteiger partial charge >= 0.3 is 0 Å². The third-order valence-electron chi connectivity index (χ3n) is 3.49. The van der Waals surface area contributed by atoms with Crippen LogP contribution in [-0.4, -0.2) is 31.7 Å². The molecule has 0 bridgehead atoms. The van der Waals surface area contributed by atoms with E-state index in [0.29, 0.717) is 22.9 Å². The van der Waals surface area contributed by atoms with Gasteiger partial charge in [0.2, 0.25) is 0 Å². The summed E-state index contributed by atoms with van der Waals surface area (Å²) in [7, 11) is 4.08. The summed E-state index contributed by atoms with van der Waals surface area (Å²) in [6.07, 6.45) is 0.718. The molecular formula is C18H22ClN2O2+. The fourth-order valence-corrected chi connectivity index (χ4v) is 2.47. The number of hydrogen-bond acceptors (Lipinski definition) is 2. The Morgan fingerprint density at radius 1 is 1.17 bits per heavy atom. The minimum Gasteiger partial charge on any atom is -0.507 e. The third-order valence-corrected chi connectivity index (χ3v) is 3.75. The maximum Gasteiger partial charge on any atom is 0.251 e. The molecule has 4 nitrogen and oxygen atoms in total. The first-order chi connectivity index (χ1) is 11.0. The summed E-state index contributed by atoms with van der Waals surface area (Å²) in [6, 6.07) is 12.4. The average molecular weight is 334 g/mol. The largest absolute Gasteiger partial charge is 0.507 e. The predicted octanol–water partition coefficient (Wildman–Crippen LogP) is 1.66. The van der Waals surface area contributed by atoms with E-state index >= 15 is 0 Å². The Balaban J connectivity index is 1.91. The molecule has 0 saturated carbocycles. The topological polar surface area (TPSA) is 53.8 Å². The molecule has 2 aromatic rings. The molecule has 0 aliphatic carbocycles. The van der Waals surface area contributed by atoms with Crippen LogP contribution in [0, 0.1) is 0 Å². The first-order valence-electron chi connectivity index (χ1n) is 7.59. The van der Waals surface area contributed by atoms with Crippen molar-refractivity contribution < 1.29 is 14.8 Å². The summed E-state index contributed by atoms with van der Waals surface area (Å²) < 4.78 is 0. The second-order valence-corrected chi connectivity index (χ2v) is 6.30. The van der Waals surface area contributed by atoms with E-state index in [1.54, 1.807) is 30.3 Å². The number of aromatic hydroxyl groups is 1. The van der Waals surface area contributed by atoms with Crippen LogP contribution in [0.2, 0.25) is 5.02 Å². The van der Waals surface area contributed by atoms with Crippen molar-refractivity contribution in [3.8, 4) is 5.75 Å². The molecule has 0 unspecified atom stereocenters. The number of hydrogen-bond donors (Lipinski definition) is 3. The number of halogens is 1. The molecule has 0 aromatic heterocycles. The lowest BCUT2D eigenvalue weighted by molar-refractivity contribution is -0.872. The molecule has 23 heavy (non-hydrogen) atoms.